The molecule has 162 valence electrons. The number of alkyl halides is 2. The normalized spacial score (nSPS) is 15.4. The fraction of sp³-hybridized carbons (Fsp3) is 0.381. The Morgan fingerprint density at radius 3 is 2.40 bits per heavy atom. The second kappa shape index (κ2) is 9.53. The molecule has 1 saturated carbocycles. The molecule has 0 unspecified atom stereocenters. The lowest BCUT2D eigenvalue weighted by atomic mass is 9.96. The Balaban J connectivity index is 1.73. The summed E-state index contributed by atoms with van der Waals surface area (Å²) < 4.78 is 56.1. The lowest BCUT2D eigenvalue weighted by molar-refractivity contribution is -0.0498. The number of rotatable bonds is 7. The number of sulfonamides is 1. The minimum Gasteiger partial charge on any atom is -0.435 e. The van der Waals surface area contributed by atoms with Crippen LogP contribution in [-0.4, -0.2) is 38.3 Å². The highest BCUT2D eigenvalue weighted by atomic mass is 32.2. The number of carbonyl (C=O) groups is 1. The van der Waals surface area contributed by atoms with Gasteiger partial charge in [0.2, 0.25) is 10.0 Å². The Morgan fingerprint density at radius 2 is 1.77 bits per heavy atom. The monoisotopic (exact) mass is 438 g/mol. The van der Waals surface area contributed by atoms with E-state index in [0.717, 1.165) is 32.1 Å². The lowest BCUT2D eigenvalue weighted by Gasteiger charge is -2.30. The zero-order valence-electron chi connectivity index (χ0n) is 16.6. The zero-order chi connectivity index (χ0) is 21.7. The van der Waals surface area contributed by atoms with Crippen molar-refractivity contribution < 1.29 is 26.7 Å². The molecule has 0 saturated heterocycles. The van der Waals surface area contributed by atoms with E-state index in [1.54, 1.807) is 7.05 Å². The van der Waals surface area contributed by atoms with E-state index < -0.39 is 22.5 Å². The van der Waals surface area contributed by atoms with Crippen molar-refractivity contribution in [2.45, 2.75) is 49.7 Å². The van der Waals surface area contributed by atoms with E-state index in [2.05, 4.69) is 10.1 Å². The molecule has 1 fully saturated rings. The van der Waals surface area contributed by atoms with Crippen LogP contribution in [0, 0.1) is 0 Å². The molecule has 6 nitrogen and oxygen atoms in total. The summed E-state index contributed by atoms with van der Waals surface area (Å²) in [6.45, 7) is -2.93. The molecule has 1 aliphatic carbocycles. The van der Waals surface area contributed by atoms with Gasteiger partial charge in [-0.15, -0.1) is 0 Å². The first-order valence-corrected chi connectivity index (χ1v) is 11.2. The molecule has 30 heavy (non-hydrogen) atoms. The molecule has 0 spiro atoms. The highest BCUT2D eigenvalue weighted by Gasteiger charge is 2.29. The van der Waals surface area contributed by atoms with Crippen LogP contribution in [0.3, 0.4) is 0 Å². The van der Waals surface area contributed by atoms with Gasteiger partial charge in [-0.2, -0.15) is 13.1 Å². The van der Waals surface area contributed by atoms with Gasteiger partial charge in [0.15, 0.2) is 0 Å². The zero-order valence-corrected chi connectivity index (χ0v) is 17.4. The van der Waals surface area contributed by atoms with E-state index in [1.165, 1.54) is 52.8 Å². The molecule has 0 aromatic heterocycles. The van der Waals surface area contributed by atoms with Crippen LogP contribution in [0.15, 0.2) is 53.4 Å². The third-order valence-corrected chi connectivity index (χ3v) is 7.11. The maximum absolute atomic E-state index is 13.0. The van der Waals surface area contributed by atoms with Gasteiger partial charge < -0.3 is 10.1 Å². The van der Waals surface area contributed by atoms with Gasteiger partial charge in [0.05, 0.1) is 4.90 Å². The van der Waals surface area contributed by atoms with E-state index in [1.807, 2.05) is 0 Å². The average molecular weight is 438 g/mol. The van der Waals surface area contributed by atoms with Crippen LogP contribution in [0.25, 0.3) is 0 Å². The van der Waals surface area contributed by atoms with Gasteiger partial charge in [-0.3, -0.25) is 4.79 Å². The number of hydrogen-bond acceptors (Lipinski definition) is 4. The molecule has 2 aromatic carbocycles. The van der Waals surface area contributed by atoms with Crippen LogP contribution < -0.4 is 10.1 Å². The van der Waals surface area contributed by atoms with Crippen LogP contribution in [0.1, 0.15) is 42.5 Å². The van der Waals surface area contributed by atoms with Crippen LogP contribution in [0.2, 0.25) is 0 Å². The molecule has 1 N–H and O–H groups in total. The van der Waals surface area contributed by atoms with Gasteiger partial charge in [-0.25, -0.2) is 8.42 Å². The highest BCUT2D eigenvalue weighted by molar-refractivity contribution is 7.89. The molecule has 1 aliphatic rings. The average Bonchev–Trinajstić information content (AvgIpc) is 2.75. The Bertz CT molecular complexity index is 975. The van der Waals surface area contributed by atoms with Crippen molar-refractivity contribution in [2.75, 3.05) is 12.4 Å². The molecule has 1 amide bonds. The number of ether oxygens (including phenoxy) is 1. The van der Waals surface area contributed by atoms with Gasteiger partial charge >= 0.3 is 6.61 Å². The van der Waals surface area contributed by atoms with Crippen molar-refractivity contribution in [1.82, 2.24) is 4.31 Å². The summed E-state index contributed by atoms with van der Waals surface area (Å²) in [5.41, 5.74) is 0.551. The first-order valence-electron chi connectivity index (χ1n) is 9.72. The number of carbonyl (C=O) groups excluding carboxylic acids is 1. The third kappa shape index (κ3) is 5.34. The Labute approximate surface area is 174 Å². The molecular weight excluding hydrogens is 414 g/mol. The molecule has 0 bridgehead atoms. The quantitative estimate of drug-likeness (QED) is 0.691. The van der Waals surface area contributed by atoms with Crippen molar-refractivity contribution in [3.05, 3.63) is 54.1 Å². The van der Waals surface area contributed by atoms with Crippen molar-refractivity contribution in [1.29, 1.82) is 0 Å². The minimum atomic E-state index is -3.72. The smallest absolute Gasteiger partial charge is 0.387 e. The number of hydrogen-bond donors (Lipinski definition) is 1. The fourth-order valence-corrected chi connectivity index (χ4v) is 4.99. The number of halogens is 2. The van der Waals surface area contributed by atoms with Gasteiger partial charge in [0.25, 0.3) is 5.91 Å². The van der Waals surface area contributed by atoms with Gasteiger partial charge in [0, 0.05) is 24.3 Å². The number of nitrogens with one attached hydrogen (secondary N) is 1. The van der Waals surface area contributed by atoms with Crippen LogP contribution >= 0.6 is 0 Å². The van der Waals surface area contributed by atoms with E-state index in [-0.39, 0.29) is 22.3 Å². The minimum absolute atomic E-state index is 0.0261. The Kier molecular flexibility index (Phi) is 7.04. The SMILES string of the molecule is CN(C1CCCCC1)S(=O)(=O)c1cccc(C(=O)Nc2ccc(OC(F)F)cc2)c1. The third-order valence-electron chi connectivity index (χ3n) is 5.20. The standard InChI is InChI=1S/C21H24F2N2O4S/c1-25(17-7-3-2-4-8-17)30(27,28)19-9-5-6-15(14-19)20(26)24-16-10-12-18(13-11-16)29-21(22)23/h5-6,9-14,17,21H,2-4,7-8H2,1H3,(H,24,26). The van der Waals surface area contributed by atoms with Crippen molar-refractivity contribution in [3.8, 4) is 5.75 Å². The molecule has 0 radical (unpaired) electrons. The van der Waals surface area contributed by atoms with E-state index >= 15 is 0 Å². The van der Waals surface area contributed by atoms with Crippen molar-refractivity contribution in [2.24, 2.45) is 0 Å². The molecule has 0 atom stereocenters. The summed E-state index contributed by atoms with van der Waals surface area (Å²) in [5.74, 6) is -0.531. The van der Waals surface area contributed by atoms with Crippen molar-refractivity contribution in [3.63, 3.8) is 0 Å². The molecule has 0 aliphatic heterocycles. The maximum Gasteiger partial charge on any atom is 0.387 e. The Morgan fingerprint density at radius 1 is 1.10 bits per heavy atom. The summed E-state index contributed by atoms with van der Waals surface area (Å²) >= 11 is 0. The van der Waals surface area contributed by atoms with Gasteiger partial charge in [-0.05, 0) is 55.3 Å². The molecule has 9 heteroatoms. The topological polar surface area (TPSA) is 75.7 Å². The van der Waals surface area contributed by atoms with Crippen LogP contribution in [0.4, 0.5) is 14.5 Å². The summed E-state index contributed by atoms with van der Waals surface area (Å²) in [4.78, 5) is 12.6. The molecule has 2 aromatic rings. The highest BCUT2D eigenvalue weighted by Crippen LogP contribution is 2.27. The predicted molar refractivity (Wildman–Crippen MR) is 109 cm³/mol. The summed E-state index contributed by atoms with van der Waals surface area (Å²) in [6.07, 6.45) is 4.81. The second-order valence-corrected chi connectivity index (χ2v) is 9.20. The number of nitrogens with zero attached hydrogens (tertiary/aromatic N) is 1. The summed E-state index contributed by atoms with van der Waals surface area (Å²) in [7, 11) is -2.13. The first-order chi connectivity index (χ1) is 14.3. The molecular formula is C21H24F2N2O4S. The van der Waals surface area contributed by atoms with Crippen LogP contribution in [-0.2, 0) is 10.0 Å². The van der Waals surface area contributed by atoms with E-state index in [4.69, 9.17) is 0 Å². The Hall–Kier alpha value is -2.52. The number of benzene rings is 2. The molecule has 0 heterocycles. The van der Waals surface area contributed by atoms with Crippen LogP contribution in [0.5, 0.6) is 5.75 Å². The lowest BCUT2D eigenvalue weighted by Crippen LogP contribution is -2.38. The fourth-order valence-electron chi connectivity index (χ4n) is 3.53. The second-order valence-electron chi connectivity index (χ2n) is 7.20. The largest absolute Gasteiger partial charge is 0.435 e. The number of anilines is 1. The van der Waals surface area contributed by atoms with Crippen molar-refractivity contribution >= 4 is 21.6 Å². The van der Waals surface area contributed by atoms with Gasteiger partial charge in [-0.1, -0.05) is 25.3 Å². The molecule has 3 rings (SSSR count). The maximum atomic E-state index is 13.0. The van der Waals surface area contributed by atoms with Gasteiger partial charge in [0.1, 0.15) is 5.75 Å². The first kappa shape index (κ1) is 22.2. The summed E-state index contributed by atoms with van der Waals surface area (Å²) in [6, 6.07) is 11.3. The predicted octanol–water partition coefficient (Wildman–Crippen LogP) is 4.49. The van der Waals surface area contributed by atoms with E-state index in [0.29, 0.717) is 5.69 Å². The number of amides is 1. The van der Waals surface area contributed by atoms with E-state index in [9.17, 15) is 22.0 Å². The summed E-state index contributed by atoms with van der Waals surface area (Å²) in [5, 5.41) is 2.62.